The van der Waals surface area contributed by atoms with Crippen molar-refractivity contribution in [2.45, 2.75) is 38.0 Å². The highest BCUT2D eigenvalue weighted by atomic mass is 32.2. The highest BCUT2D eigenvalue weighted by molar-refractivity contribution is 8.14. The molecule has 2 aromatic rings. The second-order valence-electron chi connectivity index (χ2n) is 7.49. The Labute approximate surface area is 185 Å². The van der Waals surface area contributed by atoms with E-state index in [9.17, 15) is 4.79 Å². The lowest BCUT2D eigenvalue weighted by atomic mass is 10.1. The van der Waals surface area contributed by atoms with Crippen LogP contribution in [0.4, 0.5) is 5.69 Å². The maximum absolute atomic E-state index is 12.9. The number of amidine groups is 1. The maximum Gasteiger partial charge on any atom is 0.261 e. The van der Waals surface area contributed by atoms with Crippen LogP contribution in [0.3, 0.4) is 0 Å². The highest BCUT2D eigenvalue weighted by Crippen LogP contribution is 2.29. The molecule has 1 atom stereocenters. The van der Waals surface area contributed by atoms with Crippen molar-refractivity contribution in [3.63, 3.8) is 0 Å². The largest absolute Gasteiger partial charge is 0.441 e. The molecule has 0 spiro atoms. The molecule has 7 nitrogen and oxygen atoms in total. The topological polar surface area (TPSA) is 82.8 Å². The number of carbonyl (C=O) groups excluding carboxylic acids is 1. The number of piperidine rings is 1. The third-order valence-electron chi connectivity index (χ3n) is 5.25. The van der Waals surface area contributed by atoms with E-state index in [0.29, 0.717) is 28.4 Å². The number of aromatic nitrogens is 1. The predicted molar refractivity (Wildman–Crippen MR) is 126 cm³/mol. The molecule has 0 saturated carbocycles. The number of thioether (sulfide) groups is 2. The summed E-state index contributed by atoms with van der Waals surface area (Å²) in [7, 11) is 2.03. The Hall–Kier alpha value is -1.97. The predicted octanol–water partition coefficient (Wildman–Crippen LogP) is 3.82. The molecule has 0 aliphatic carbocycles. The van der Waals surface area contributed by atoms with E-state index in [0.717, 1.165) is 42.2 Å². The smallest absolute Gasteiger partial charge is 0.261 e. The van der Waals surface area contributed by atoms with Crippen LogP contribution < -0.4 is 10.6 Å². The van der Waals surface area contributed by atoms with Crippen LogP contribution in [0.2, 0.25) is 0 Å². The molecular weight excluding hydrogens is 418 g/mol. The number of carbonyl (C=O) groups is 1. The van der Waals surface area contributed by atoms with Crippen molar-refractivity contribution >= 4 is 51.4 Å². The van der Waals surface area contributed by atoms with Gasteiger partial charge in [-0.1, -0.05) is 29.6 Å². The van der Waals surface area contributed by atoms with Gasteiger partial charge in [0.05, 0.1) is 10.8 Å². The molecule has 9 heteroatoms. The molecule has 3 heterocycles. The third-order valence-corrected chi connectivity index (χ3v) is 7.24. The second kappa shape index (κ2) is 9.45. The zero-order valence-electron chi connectivity index (χ0n) is 17.5. The van der Waals surface area contributed by atoms with Gasteiger partial charge in [-0.2, -0.15) is 0 Å². The molecule has 2 N–H and O–H groups in total. The number of amides is 1. The molecule has 2 aliphatic rings. The van der Waals surface area contributed by atoms with Crippen LogP contribution >= 0.6 is 23.5 Å². The van der Waals surface area contributed by atoms with Gasteiger partial charge in [0.15, 0.2) is 16.6 Å². The average molecular weight is 446 g/mol. The summed E-state index contributed by atoms with van der Waals surface area (Å²) in [6.45, 7) is 5.97. The number of likely N-dealkylation sites (tertiary alicyclic amines) is 1. The zero-order valence-corrected chi connectivity index (χ0v) is 19.1. The average Bonchev–Trinajstić information content (AvgIpc) is 3.09. The molecule has 4 rings (SSSR count). The maximum atomic E-state index is 12.9. The minimum atomic E-state index is -0.111. The number of benzene rings is 1. The summed E-state index contributed by atoms with van der Waals surface area (Å²) in [5.41, 5.74) is 2.17. The molecular formula is C21H27N5O2S2. The number of hydrogen-bond donors (Lipinski definition) is 2. The number of anilines is 1. The lowest BCUT2D eigenvalue weighted by molar-refractivity contribution is -0.112. The number of aliphatic imine (C=N–C) groups is 1. The van der Waals surface area contributed by atoms with Crippen molar-refractivity contribution in [2.24, 2.45) is 4.99 Å². The molecule has 160 valence electrons. The first kappa shape index (κ1) is 21.3. The molecule has 1 fully saturated rings. The van der Waals surface area contributed by atoms with Crippen LogP contribution in [-0.2, 0) is 4.79 Å². The Morgan fingerprint density at radius 2 is 2.10 bits per heavy atom. The lowest BCUT2D eigenvalue weighted by Crippen LogP contribution is -2.43. The van der Waals surface area contributed by atoms with Gasteiger partial charge < -0.3 is 20.0 Å². The molecule has 0 radical (unpaired) electrons. The third kappa shape index (κ3) is 5.01. The van der Waals surface area contributed by atoms with Crippen LogP contribution in [0.15, 0.2) is 38.6 Å². The fourth-order valence-corrected chi connectivity index (χ4v) is 5.63. The van der Waals surface area contributed by atoms with Crippen molar-refractivity contribution in [2.75, 3.05) is 31.3 Å². The fraction of sp³-hybridized carbons (Fsp3) is 0.476. The van der Waals surface area contributed by atoms with E-state index in [1.54, 1.807) is 11.8 Å². The molecule has 2 aliphatic heterocycles. The highest BCUT2D eigenvalue weighted by Gasteiger charge is 2.24. The minimum Gasteiger partial charge on any atom is -0.441 e. The van der Waals surface area contributed by atoms with Crippen molar-refractivity contribution in [3.05, 3.63) is 35.1 Å². The van der Waals surface area contributed by atoms with Gasteiger partial charge in [-0.3, -0.25) is 9.79 Å². The molecule has 1 aromatic carbocycles. The normalized spacial score (nSPS) is 22.8. The lowest BCUT2D eigenvalue weighted by Gasteiger charge is -2.34. The molecule has 1 saturated heterocycles. The Morgan fingerprint density at radius 3 is 2.87 bits per heavy atom. The number of fused-ring (bicyclic) bond motifs is 1. The van der Waals surface area contributed by atoms with Crippen molar-refractivity contribution in [1.82, 2.24) is 15.2 Å². The van der Waals surface area contributed by atoms with Crippen molar-refractivity contribution in [1.29, 1.82) is 0 Å². The molecule has 0 bridgehead atoms. The van der Waals surface area contributed by atoms with Gasteiger partial charge in [-0.15, -0.1) is 0 Å². The molecule has 1 amide bonds. The first-order valence-corrected chi connectivity index (χ1v) is 12.0. The van der Waals surface area contributed by atoms with E-state index in [4.69, 9.17) is 9.41 Å². The van der Waals surface area contributed by atoms with E-state index < -0.39 is 0 Å². The second-order valence-corrected chi connectivity index (χ2v) is 9.82. The monoisotopic (exact) mass is 445 g/mol. The van der Waals surface area contributed by atoms with Crippen LogP contribution in [0.5, 0.6) is 0 Å². The van der Waals surface area contributed by atoms with Gasteiger partial charge in [-0.25, -0.2) is 4.98 Å². The summed E-state index contributed by atoms with van der Waals surface area (Å²) in [4.78, 5) is 25.1. The van der Waals surface area contributed by atoms with Crippen LogP contribution in [0.1, 0.15) is 25.7 Å². The first-order chi connectivity index (χ1) is 14.5. The van der Waals surface area contributed by atoms with E-state index in [1.807, 2.05) is 38.2 Å². The Kier molecular flexibility index (Phi) is 6.70. The number of nitrogens with one attached hydrogen (secondary N) is 2. The summed E-state index contributed by atoms with van der Waals surface area (Å²) >= 11 is 3.22. The standard InChI is InChI=1S/C21H27N5O2S2/c1-13-10-19(20(27)25-16-4-5-18-17(11-16)24-14(2)28-18)29-12-23-21(30-13)26-8-6-15(22-3)7-9-26/h4-5,10-11,13,15,22H,6-9,12H2,1-3H3,(H,25,27)/b19-10-,23-21?. The summed E-state index contributed by atoms with van der Waals surface area (Å²) < 4.78 is 5.50. The number of oxazole rings is 1. The molecule has 30 heavy (non-hydrogen) atoms. The van der Waals surface area contributed by atoms with Gasteiger partial charge in [0.25, 0.3) is 5.91 Å². The van der Waals surface area contributed by atoms with Gasteiger partial charge in [0.1, 0.15) is 5.52 Å². The summed E-state index contributed by atoms with van der Waals surface area (Å²) in [5, 5.41) is 7.61. The van der Waals surface area contributed by atoms with Crippen molar-refractivity contribution in [3.8, 4) is 0 Å². The van der Waals surface area contributed by atoms with Gasteiger partial charge in [0, 0.05) is 37.0 Å². The van der Waals surface area contributed by atoms with E-state index in [2.05, 4.69) is 27.4 Å². The quantitative estimate of drug-likeness (QED) is 0.743. The Balaban J connectivity index is 1.39. The first-order valence-electron chi connectivity index (χ1n) is 10.2. The summed E-state index contributed by atoms with van der Waals surface area (Å²) in [6, 6.07) is 6.10. The van der Waals surface area contributed by atoms with Crippen molar-refractivity contribution < 1.29 is 9.21 Å². The summed E-state index contributed by atoms with van der Waals surface area (Å²) in [5.74, 6) is 1.05. The number of rotatable bonds is 3. The molecule has 1 aromatic heterocycles. The van der Waals surface area contributed by atoms with Gasteiger partial charge in [0.2, 0.25) is 0 Å². The van der Waals surface area contributed by atoms with Gasteiger partial charge in [-0.05, 0) is 45.0 Å². The van der Waals surface area contributed by atoms with Gasteiger partial charge >= 0.3 is 0 Å². The fourth-order valence-electron chi connectivity index (χ4n) is 3.64. The van der Waals surface area contributed by atoms with Crippen LogP contribution in [0, 0.1) is 6.92 Å². The van der Waals surface area contributed by atoms with Crippen LogP contribution in [-0.4, -0.2) is 58.3 Å². The number of aryl methyl sites for hydroxylation is 1. The number of hydrogen-bond acceptors (Lipinski definition) is 8. The summed E-state index contributed by atoms with van der Waals surface area (Å²) in [6.07, 6.45) is 4.31. The van der Waals surface area contributed by atoms with E-state index in [1.165, 1.54) is 11.8 Å². The van der Waals surface area contributed by atoms with Crippen LogP contribution in [0.25, 0.3) is 11.1 Å². The SMILES string of the molecule is CNC1CCN(C2=NCS/C(C(=O)Nc3ccc4oc(C)nc4c3)=C\C(C)S2)CC1. The molecule has 1 unspecified atom stereocenters. The number of nitrogens with zero attached hydrogens (tertiary/aromatic N) is 3. The Morgan fingerprint density at radius 1 is 1.30 bits per heavy atom. The van der Waals surface area contributed by atoms with E-state index in [-0.39, 0.29) is 11.2 Å². The minimum absolute atomic E-state index is 0.111. The zero-order chi connectivity index (χ0) is 21.1. The Bertz CT molecular complexity index is 979. The van der Waals surface area contributed by atoms with E-state index >= 15 is 0 Å².